The van der Waals surface area contributed by atoms with E-state index in [1.54, 1.807) is 0 Å². The summed E-state index contributed by atoms with van der Waals surface area (Å²) in [4.78, 5) is 27.1. The van der Waals surface area contributed by atoms with Gasteiger partial charge in [-0.1, -0.05) is 47.5 Å². The van der Waals surface area contributed by atoms with Crippen LogP contribution in [0.2, 0.25) is 0 Å². The topological polar surface area (TPSA) is 49.4 Å². The van der Waals surface area contributed by atoms with Crippen molar-refractivity contribution in [1.82, 2.24) is 10.2 Å². The zero-order valence-electron chi connectivity index (χ0n) is 14.5. The minimum absolute atomic E-state index is 0.0130. The average molecular weight is 296 g/mol. The van der Waals surface area contributed by atoms with Gasteiger partial charge in [0.2, 0.25) is 11.8 Å². The lowest BCUT2D eigenvalue weighted by Gasteiger charge is -2.44. The summed E-state index contributed by atoms with van der Waals surface area (Å²) in [5.74, 6) is 0.816. The maximum atomic E-state index is 12.8. The molecule has 0 radical (unpaired) electrons. The molecule has 1 saturated heterocycles. The number of carbonyl (C=O) groups is 2. The Hall–Kier alpha value is -1.06. The first-order chi connectivity index (χ1) is 9.83. The van der Waals surface area contributed by atoms with Gasteiger partial charge in [0.1, 0.15) is 12.1 Å². The Labute approximate surface area is 129 Å². The van der Waals surface area contributed by atoms with Crippen LogP contribution in [0.5, 0.6) is 0 Å². The van der Waals surface area contributed by atoms with Gasteiger partial charge in [-0.25, -0.2) is 0 Å². The number of hydrogen-bond donors (Lipinski definition) is 1. The summed E-state index contributed by atoms with van der Waals surface area (Å²) in [6.07, 6.45) is 3.68. The van der Waals surface area contributed by atoms with Gasteiger partial charge < -0.3 is 10.2 Å². The third-order valence-corrected chi connectivity index (χ3v) is 4.56. The zero-order chi connectivity index (χ0) is 16.2. The number of amides is 2. The van der Waals surface area contributed by atoms with Crippen LogP contribution in [0.25, 0.3) is 0 Å². The van der Waals surface area contributed by atoms with E-state index in [2.05, 4.69) is 26.1 Å². The number of nitrogens with one attached hydrogen (secondary N) is 1. The van der Waals surface area contributed by atoms with Crippen molar-refractivity contribution < 1.29 is 9.59 Å². The highest BCUT2D eigenvalue weighted by Crippen LogP contribution is 2.25. The van der Waals surface area contributed by atoms with Crippen LogP contribution in [-0.4, -0.2) is 34.8 Å². The number of rotatable bonds is 7. The van der Waals surface area contributed by atoms with Gasteiger partial charge in [-0.3, -0.25) is 9.59 Å². The summed E-state index contributed by atoms with van der Waals surface area (Å²) in [6, 6.07) is -0.549. The van der Waals surface area contributed by atoms with Gasteiger partial charge in [0, 0.05) is 6.04 Å². The highest BCUT2D eigenvalue weighted by atomic mass is 16.2. The molecule has 4 nitrogen and oxygen atoms in total. The molecule has 1 rings (SSSR count). The second-order valence-electron chi connectivity index (χ2n) is 6.88. The van der Waals surface area contributed by atoms with Crippen molar-refractivity contribution in [3.63, 3.8) is 0 Å². The summed E-state index contributed by atoms with van der Waals surface area (Å²) >= 11 is 0. The Morgan fingerprint density at radius 2 is 1.76 bits per heavy atom. The van der Waals surface area contributed by atoms with E-state index in [-0.39, 0.29) is 35.9 Å². The molecule has 0 aromatic carbocycles. The molecular formula is C17H32N2O2. The highest BCUT2D eigenvalue weighted by molar-refractivity contribution is 5.97. The minimum Gasteiger partial charge on any atom is -0.342 e. The second kappa shape index (κ2) is 7.81. The van der Waals surface area contributed by atoms with Gasteiger partial charge in [0.15, 0.2) is 0 Å². The number of nitrogens with zero attached hydrogens (tertiary/aromatic N) is 1. The predicted octanol–water partition coefficient (Wildman–Crippen LogP) is 2.96. The molecule has 0 aliphatic carbocycles. The fourth-order valence-corrected chi connectivity index (χ4v) is 3.22. The monoisotopic (exact) mass is 296 g/mol. The lowest BCUT2D eigenvalue weighted by Crippen LogP contribution is -2.66. The molecule has 1 aliphatic rings. The van der Waals surface area contributed by atoms with Crippen LogP contribution < -0.4 is 5.32 Å². The van der Waals surface area contributed by atoms with Crippen molar-refractivity contribution in [2.45, 2.75) is 85.4 Å². The molecule has 0 aromatic heterocycles. The fraction of sp³-hybridized carbons (Fsp3) is 0.882. The summed E-state index contributed by atoms with van der Waals surface area (Å²) in [5.41, 5.74) is 0. The van der Waals surface area contributed by atoms with E-state index >= 15 is 0 Å². The Morgan fingerprint density at radius 3 is 2.24 bits per heavy atom. The van der Waals surface area contributed by atoms with Crippen LogP contribution in [-0.2, 0) is 9.59 Å². The molecule has 4 unspecified atom stereocenters. The van der Waals surface area contributed by atoms with Crippen molar-refractivity contribution >= 4 is 11.8 Å². The molecule has 0 bridgehead atoms. The summed E-state index contributed by atoms with van der Waals surface area (Å²) < 4.78 is 0. The lowest BCUT2D eigenvalue weighted by molar-refractivity contribution is -0.154. The van der Waals surface area contributed by atoms with Gasteiger partial charge >= 0.3 is 0 Å². The molecule has 2 amide bonds. The molecule has 0 spiro atoms. The Bertz CT molecular complexity index is 368. The zero-order valence-corrected chi connectivity index (χ0v) is 14.5. The standard InChI is InChI=1S/C17H32N2O2/c1-7-9-14-17(21)19(13(6)10-12(5)8-2)15(11(3)4)16(20)18-14/h11-15H,7-10H2,1-6H3,(H,18,20). The first kappa shape index (κ1) is 18.0. The molecule has 1 N–H and O–H groups in total. The van der Waals surface area contributed by atoms with E-state index in [1.807, 2.05) is 25.7 Å². The lowest BCUT2D eigenvalue weighted by atomic mass is 9.91. The van der Waals surface area contributed by atoms with E-state index in [0.717, 1.165) is 25.7 Å². The number of carbonyl (C=O) groups excluding carboxylic acids is 2. The smallest absolute Gasteiger partial charge is 0.246 e. The van der Waals surface area contributed by atoms with Crippen molar-refractivity contribution in [1.29, 1.82) is 0 Å². The number of piperazine rings is 1. The average Bonchev–Trinajstić information content (AvgIpc) is 2.41. The van der Waals surface area contributed by atoms with Crippen molar-refractivity contribution in [3.05, 3.63) is 0 Å². The van der Waals surface area contributed by atoms with Gasteiger partial charge in [-0.2, -0.15) is 0 Å². The maximum Gasteiger partial charge on any atom is 0.246 e. The predicted molar refractivity (Wildman–Crippen MR) is 85.8 cm³/mol. The third kappa shape index (κ3) is 4.21. The van der Waals surface area contributed by atoms with E-state index in [0.29, 0.717) is 5.92 Å². The van der Waals surface area contributed by atoms with Crippen LogP contribution in [0.15, 0.2) is 0 Å². The molecule has 21 heavy (non-hydrogen) atoms. The van der Waals surface area contributed by atoms with Crippen LogP contribution in [0, 0.1) is 11.8 Å². The van der Waals surface area contributed by atoms with Gasteiger partial charge in [0.25, 0.3) is 0 Å². The van der Waals surface area contributed by atoms with Crippen LogP contribution in [0.4, 0.5) is 0 Å². The van der Waals surface area contributed by atoms with Crippen molar-refractivity contribution in [3.8, 4) is 0 Å². The highest BCUT2D eigenvalue weighted by Gasteiger charge is 2.43. The second-order valence-corrected chi connectivity index (χ2v) is 6.88. The van der Waals surface area contributed by atoms with Crippen LogP contribution in [0.1, 0.15) is 67.2 Å². The molecule has 122 valence electrons. The SMILES string of the molecule is CCCC1NC(=O)C(C(C)C)N(C(C)CC(C)CC)C1=O. The third-order valence-electron chi connectivity index (χ3n) is 4.56. The molecule has 0 aromatic rings. The molecule has 4 heteroatoms. The van der Waals surface area contributed by atoms with E-state index in [1.165, 1.54) is 0 Å². The first-order valence-corrected chi connectivity index (χ1v) is 8.45. The molecule has 1 aliphatic heterocycles. The molecule has 1 heterocycles. The summed E-state index contributed by atoms with van der Waals surface area (Å²) in [6.45, 7) is 12.5. The fourth-order valence-electron chi connectivity index (χ4n) is 3.22. The maximum absolute atomic E-state index is 12.8. The van der Waals surface area contributed by atoms with E-state index in [9.17, 15) is 9.59 Å². The number of hydrogen-bond acceptors (Lipinski definition) is 2. The largest absolute Gasteiger partial charge is 0.342 e. The van der Waals surface area contributed by atoms with Gasteiger partial charge in [-0.15, -0.1) is 0 Å². The Morgan fingerprint density at radius 1 is 1.14 bits per heavy atom. The normalized spacial score (nSPS) is 26.0. The van der Waals surface area contributed by atoms with Crippen LogP contribution in [0.3, 0.4) is 0 Å². The summed E-state index contributed by atoms with van der Waals surface area (Å²) in [5, 5.41) is 2.92. The van der Waals surface area contributed by atoms with Gasteiger partial charge in [0.05, 0.1) is 0 Å². The Balaban J connectivity index is 2.99. The first-order valence-electron chi connectivity index (χ1n) is 8.45. The molecule has 4 atom stereocenters. The minimum atomic E-state index is -0.336. The molecule has 1 fully saturated rings. The molecular weight excluding hydrogens is 264 g/mol. The van der Waals surface area contributed by atoms with Crippen LogP contribution >= 0.6 is 0 Å². The van der Waals surface area contributed by atoms with E-state index < -0.39 is 0 Å². The van der Waals surface area contributed by atoms with Gasteiger partial charge in [-0.05, 0) is 31.6 Å². The van der Waals surface area contributed by atoms with Crippen molar-refractivity contribution in [2.24, 2.45) is 11.8 Å². The Kier molecular flexibility index (Phi) is 6.69. The van der Waals surface area contributed by atoms with Crippen molar-refractivity contribution in [2.75, 3.05) is 0 Å². The quantitative estimate of drug-likeness (QED) is 0.785. The molecule has 0 saturated carbocycles. The van der Waals surface area contributed by atoms with E-state index in [4.69, 9.17) is 0 Å². The summed E-state index contributed by atoms with van der Waals surface area (Å²) in [7, 11) is 0.